The Labute approximate surface area is 146 Å². The largest absolute Gasteiger partial charge is 0.382 e. The smallest absolute Gasteiger partial charge is 0.225 e. The van der Waals surface area contributed by atoms with Gasteiger partial charge >= 0.3 is 0 Å². The predicted molar refractivity (Wildman–Crippen MR) is 93.7 cm³/mol. The highest BCUT2D eigenvalue weighted by molar-refractivity contribution is 5.66. The molecular weight excluding hydrogens is 323 g/mol. The van der Waals surface area contributed by atoms with E-state index in [9.17, 15) is 4.39 Å². The van der Waals surface area contributed by atoms with Gasteiger partial charge in [0.25, 0.3) is 0 Å². The van der Waals surface area contributed by atoms with Gasteiger partial charge in [0.05, 0.1) is 19.3 Å². The molecule has 1 aromatic carbocycles. The number of hydrogen-bond acceptors (Lipinski definition) is 6. The lowest BCUT2D eigenvalue weighted by Gasteiger charge is -2.32. The highest BCUT2D eigenvalue weighted by atomic mass is 19.1. The van der Waals surface area contributed by atoms with Crippen molar-refractivity contribution in [2.45, 2.75) is 12.5 Å². The minimum Gasteiger partial charge on any atom is -0.382 e. The lowest BCUT2D eigenvalue weighted by atomic mass is 10.0. The van der Waals surface area contributed by atoms with E-state index in [0.717, 1.165) is 0 Å². The Bertz CT molecular complexity index is 722. The first-order valence-corrected chi connectivity index (χ1v) is 8.17. The average molecular weight is 344 g/mol. The van der Waals surface area contributed by atoms with Crippen LogP contribution < -0.4 is 4.90 Å². The summed E-state index contributed by atoms with van der Waals surface area (Å²) in [7, 11) is 1.65. The summed E-state index contributed by atoms with van der Waals surface area (Å²) in [5, 5.41) is 7.16. The quantitative estimate of drug-likeness (QED) is 0.815. The maximum Gasteiger partial charge on any atom is 0.225 e. The molecule has 1 fully saturated rings. The van der Waals surface area contributed by atoms with Gasteiger partial charge in [-0.05, 0) is 11.8 Å². The molecule has 3 rings (SSSR count). The SMILES string of the molecule is COC[C@H]1CN(c2ncc(-c3cccc(CC=N)c3F)cn2)CCO1. The molecule has 6 nitrogen and oxygen atoms in total. The topological polar surface area (TPSA) is 71.3 Å². The first-order chi connectivity index (χ1) is 12.2. The predicted octanol–water partition coefficient (Wildman–Crippen LogP) is 2.33. The fourth-order valence-corrected chi connectivity index (χ4v) is 2.88. The van der Waals surface area contributed by atoms with Crippen LogP contribution in [0, 0.1) is 11.2 Å². The second kappa shape index (κ2) is 8.13. The maximum atomic E-state index is 14.5. The second-order valence-electron chi connectivity index (χ2n) is 5.85. The number of halogens is 1. The van der Waals surface area contributed by atoms with Crippen LogP contribution >= 0.6 is 0 Å². The molecule has 0 saturated carbocycles. The Kier molecular flexibility index (Phi) is 5.67. The summed E-state index contributed by atoms with van der Waals surface area (Å²) in [6.45, 7) is 2.50. The Hall–Kier alpha value is -2.38. The summed E-state index contributed by atoms with van der Waals surface area (Å²) in [5.74, 6) is 0.276. The fourth-order valence-electron chi connectivity index (χ4n) is 2.88. The van der Waals surface area contributed by atoms with Crippen molar-refractivity contribution in [2.24, 2.45) is 0 Å². The van der Waals surface area contributed by atoms with E-state index in [4.69, 9.17) is 14.9 Å². The van der Waals surface area contributed by atoms with Crippen molar-refractivity contribution in [3.05, 3.63) is 42.0 Å². The second-order valence-corrected chi connectivity index (χ2v) is 5.85. The number of anilines is 1. The number of rotatable bonds is 6. The lowest BCUT2D eigenvalue weighted by Crippen LogP contribution is -2.45. The zero-order chi connectivity index (χ0) is 17.6. The van der Waals surface area contributed by atoms with Gasteiger partial charge in [-0.25, -0.2) is 14.4 Å². The molecule has 0 spiro atoms. The highest BCUT2D eigenvalue weighted by Gasteiger charge is 2.22. The molecule has 0 aliphatic carbocycles. The van der Waals surface area contributed by atoms with Crippen molar-refractivity contribution in [1.82, 2.24) is 9.97 Å². The number of benzene rings is 1. The molecule has 1 N–H and O–H groups in total. The third-order valence-corrected chi connectivity index (χ3v) is 4.12. The highest BCUT2D eigenvalue weighted by Crippen LogP contribution is 2.25. The number of methoxy groups -OCH3 is 1. The summed E-state index contributed by atoms with van der Waals surface area (Å²) in [4.78, 5) is 10.8. The first kappa shape index (κ1) is 17.4. The molecule has 2 heterocycles. The zero-order valence-electron chi connectivity index (χ0n) is 14.1. The molecule has 1 atom stereocenters. The fraction of sp³-hybridized carbons (Fsp3) is 0.389. The van der Waals surface area contributed by atoms with Gasteiger partial charge in [-0.1, -0.05) is 18.2 Å². The molecule has 1 aliphatic rings. The van der Waals surface area contributed by atoms with E-state index < -0.39 is 0 Å². The van der Waals surface area contributed by atoms with Crippen molar-refractivity contribution in [3.8, 4) is 11.1 Å². The molecule has 1 aliphatic heterocycles. The standard InChI is InChI=1S/C18H21FN4O2/c1-24-12-15-11-23(7-8-25-15)18-21-9-14(10-22-18)16-4-2-3-13(5-6-20)17(16)19/h2-4,6,9-10,15,20H,5,7-8,11-12H2,1H3/t15-/m1/s1. The van der Waals surface area contributed by atoms with Crippen LogP contribution in [0.4, 0.5) is 10.3 Å². The summed E-state index contributed by atoms with van der Waals surface area (Å²) in [6.07, 6.45) is 4.73. The Morgan fingerprint density at radius 1 is 1.40 bits per heavy atom. The molecule has 0 bridgehead atoms. The van der Waals surface area contributed by atoms with Crippen LogP contribution in [-0.2, 0) is 15.9 Å². The molecule has 0 radical (unpaired) electrons. The molecule has 1 aromatic heterocycles. The Morgan fingerprint density at radius 3 is 2.92 bits per heavy atom. The van der Waals surface area contributed by atoms with Crippen LogP contribution in [0.5, 0.6) is 0 Å². The third-order valence-electron chi connectivity index (χ3n) is 4.12. The average Bonchev–Trinajstić information content (AvgIpc) is 2.64. The number of morpholine rings is 1. The summed E-state index contributed by atoms with van der Waals surface area (Å²) in [5.41, 5.74) is 1.56. The van der Waals surface area contributed by atoms with Crippen LogP contribution in [0.25, 0.3) is 11.1 Å². The number of hydrogen-bond donors (Lipinski definition) is 1. The van der Waals surface area contributed by atoms with Gasteiger partial charge in [0.1, 0.15) is 5.82 Å². The molecule has 1 saturated heterocycles. The van der Waals surface area contributed by atoms with E-state index in [1.165, 1.54) is 6.21 Å². The van der Waals surface area contributed by atoms with Gasteiger partial charge in [0.15, 0.2) is 0 Å². The first-order valence-electron chi connectivity index (χ1n) is 8.17. The van der Waals surface area contributed by atoms with E-state index in [-0.39, 0.29) is 18.3 Å². The summed E-state index contributed by atoms with van der Waals surface area (Å²) >= 11 is 0. The lowest BCUT2D eigenvalue weighted by molar-refractivity contribution is -0.0104. The van der Waals surface area contributed by atoms with E-state index in [1.54, 1.807) is 37.7 Å². The molecule has 2 aromatic rings. The number of ether oxygens (including phenoxy) is 2. The Balaban J connectivity index is 1.79. The molecule has 7 heteroatoms. The van der Waals surface area contributed by atoms with Crippen molar-refractivity contribution < 1.29 is 13.9 Å². The van der Waals surface area contributed by atoms with Gasteiger partial charge in [-0.2, -0.15) is 0 Å². The van der Waals surface area contributed by atoms with Gasteiger partial charge < -0.3 is 19.8 Å². The van der Waals surface area contributed by atoms with Gasteiger partial charge in [0, 0.05) is 50.1 Å². The Morgan fingerprint density at radius 2 is 2.20 bits per heavy atom. The minimum atomic E-state index is -0.325. The molecular formula is C18H21FN4O2. The molecule has 25 heavy (non-hydrogen) atoms. The van der Waals surface area contributed by atoms with Crippen molar-refractivity contribution in [1.29, 1.82) is 5.41 Å². The van der Waals surface area contributed by atoms with Crippen molar-refractivity contribution in [3.63, 3.8) is 0 Å². The van der Waals surface area contributed by atoms with Crippen LogP contribution in [0.15, 0.2) is 30.6 Å². The summed E-state index contributed by atoms with van der Waals surface area (Å²) in [6, 6.07) is 5.16. The molecule has 132 valence electrons. The van der Waals surface area contributed by atoms with Gasteiger partial charge in [0.2, 0.25) is 5.95 Å². The van der Waals surface area contributed by atoms with Gasteiger partial charge in [-0.15, -0.1) is 0 Å². The normalized spacial score (nSPS) is 17.5. The number of nitrogens with one attached hydrogen (secondary N) is 1. The van der Waals surface area contributed by atoms with Crippen LogP contribution in [0.3, 0.4) is 0 Å². The third kappa shape index (κ3) is 4.00. The van der Waals surface area contributed by atoms with Gasteiger partial charge in [-0.3, -0.25) is 0 Å². The molecule has 0 amide bonds. The monoisotopic (exact) mass is 344 g/mol. The van der Waals surface area contributed by atoms with Crippen LogP contribution in [0.2, 0.25) is 0 Å². The van der Waals surface area contributed by atoms with E-state index in [0.29, 0.717) is 48.9 Å². The van der Waals surface area contributed by atoms with E-state index in [2.05, 4.69) is 9.97 Å². The van der Waals surface area contributed by atoms with E-state index >= 15 is 0 Å². The maximum absolute atomic E-state index is 14.5. The number of nitrogens with zero attached hydrogens (tertiary/aromatic N) is 3. The minimum absolute atomic E-state index is 0.00252. The van der Waals surface area contributed by atoms with Crippen LogP contribution in [0.1, 0.15) is 5.56 Å². The number of aromatic nitrogens is 2. The van der Waals surface area contributed by atoms with Crippen molar-refractivity contribution >= 4 is 12.2 Å². The molecule has 0 unspecified atom stereocenters. The van der Waals surface area contributed by atoms with E-state index in [1.807, 2.05) is 4.90 Å². The zero-order valence-corrected chi connectivity index (χ0v) is 14.1. The summed E-state index contributed by atoms with van der Waals surface area (Å²) < 4.78 is 25.3. The van der Waals surface area contributed by atoms with Crippen molar-refractivity contribution in [2.75, 3.05) is 38.3 Å². The van der Waals surface area contributed by atoms with Crippen LogP contribution in [-0.4, -0.2) is 55.7 Å².